The maximum atomic E-state index is 13.2. The molecule has 0 unspecified atom stereocenters. The molecule has 88 valence electrons. The molecule has 0 fully saturated rings. The van der Waals surface area contributed by atoms with Crippen molar-refractivity contribution in [3.8, 4) is 0 Å². The largest absolute Gasteiger partial charge is 0.338 e. The number of carbonyl (C=O) groups is 1. The van der Waals surface area contributed by atoms with E-state index in [4.69, 9.17) is 0 Å². The predicted octanol–water partition coefficient (Wildman–Crippen LogP) is 2.03. The maximum absolute atomic E-state index is 13.2. The number of nitrogens with zero attached hydrogens (tertiary/aromatic N) is 1. The first-order chi connectivity index (χ1) is 7.65. The fourth-order valence-corrected chi connectivity index (χ4v) is 1.28. The van der Waals surface area contributed by atoms with Crippen molar-refractivity contribution < 1.29 is 9.18 Å². The summed E-state index contributed by atoms with van der Waals surface area (Å²) >= 11 is 0. The van der Waals surface area contributed by atoms with Crippen molar-refractivity contribution in [2.75, 3.05) is 20.1 Å². The molecule has 0 spiro atoms. The summed E-state index contributed by atoms with van der Waals surface area (Å²) in [5.74, 6) is -0.222. The van der Waals surface area contributed by atoms with Gasteiger partial charge in [0.1, 0.15) is 5.82 Å². The molecule has 0 aliphatic rings. The van der Waals surface area contributed by atoms with E-state index < -0.39 is 0 Å². The second-order valence-corrected chi connectivity index (χ2v) is 3.59. The molecular weight excluding hydrogens is 207 g/mol. The Hall–Kier alpha value is -1.58. The Labute approximate surface area is 95.3 Å². The van der Waals surface area contributed by atoms with Crippen molar-refractivity contribution in [1.82, 2.24) is 10.2 Å². The average Bonchev–Trinajstić information content (AvgIpc) is 2.30. The summed E-state index contributed by atoms with van der Waals surface area (Å²) in [6.45, 7) is 3.01. The fourth-order valence-electron chi connectivity index (χ4n) is 1.28. The van der Waals surface area contributed by atoms with E-state index in [-0.39, 0.29) is 11.8 Å². The monoisotopic (exact) mass is 224 g/mol. The molecule has 0 atom stereocenters. The third-order valence-electron chi connectivity index (χ3n) is 2.45. The van der Waals surface area contributed by atoms with Gasteiger partial charge in [-0.1, -0.05) is 18.2 Å². The Balaban J connectivity index is 2.36. The third kappa shape index (κ3) is 3.53. The normalized spacial score (nSPS) is 9.94. The van der Waals surface area contributed by atoms with Gasteiger partial charge in [-0.25, -0.2) is 9.18 Å². The lowest BCUT2D eigenvalue weighted by Gasteiger charge is -2.15. The molecule has 0 saturated carbocycles. The van der Waals surface area contributed by atoms with Crippen LogP contribution in [0.3, 0.4) is 0 Å². The highest BCUT2D eigenvalue weighted by atomic mass is 19.1. The SMILES string of the molecule is CCN(C)C(=O)NCCc1ccccc1F. The molecule has 1 aromatic carbocycles. The summed E-state index contributed by atoms with van der Waals surface area (Å²) in [6.07, 6.45) is 0.510. The first-order valence-corrected chi connectivity index (χ1v) is 5.37. The van der Waals surface area contributed by atoms with Crippen LogP contribution in [0.5, 0.6) is 0 Å². The van der Waals surface area contributed by atoms with E-state index in [0.717, 1.165) is 0 Å². The minimum atomic E-state index is -0.222. The van der Waals surface area contributed by atoms with E-state index in [1.807, 2.05) is 6.92 Å². The Morgan fingerprint density at radius 3 is 2.75 bits per heavy atom. The lowest BCUT2D eigenvalue weighted by Crippen LogP contribution is -2.38. The number of rotatable bonds is 4. The van der Waals surface area contributed by atoms with Crippen LogP contribution in [0.4, 0.5) is 9.18 Å². The molecule has 0 aromatic heterocycles. The molecule has 3 nitrogen and oxygen atoms in total. The summed E-state index contributed by atoms with van der Waals surface area (Å²) in [5, 5.41) is 2.73. The van der Waals surface area contributed by atoms with Gasteiger partial charge in [-0.2, -0.15) is 0 Å². The van der Waals surface area contributed by atoms with E-state index in [0.29, 0.717) is 25.1 Å². The van der Waals surface area contributed by atoms with E-state index >= 15 is 0 Å². The summed E-state index contributed by atoms with van der Waals surface area (Å²) in [6, 6.07) is 6.47. The number of benzene rings is 1. The summed E-state index contributed by atoms with van der Waals surface area (Å²) in [7, 11) is 1.72. The van der Waals surface area contributed by atoms with Crippen molar-refractivity contribution in [2.24, 2.45) is 0 Å². The number of halogens is 1. The first kappa shape index (κ1) is 12.5. The van der Waals surface area contributed by atoms with E-state index in [1.54, 1.807) is 30.1 Å². The standard InChI is InChI=1S/C12H17FN2O/c1-3-15(2)12(16)14-9-8-10-6-4-5-7-11(10)13/h4-7H,3,8-9H2,1-2H3,(H,14,16). The van der Waals surface area contributed by atoms with Gasteiger partial charge in [0.15, 0.2) is 0 Å². The molecule has 1 rings (SSSR count). The lowest BCUT2D eigenvalue weighted by atomic mass is 10.1. The number of hydrogen-bond acceptors (Lipinski definition) is 1. The zero-order valence-electron chi connectivity index (χ0n) is 9.66. The number of hydrogen-bond donors (Lipinski definition) is 1. The minimum absolute atomic E-state index is 0.126. The summed E-state index contributed by atoms with van der Waals surface area (Å²) < 4.78 is 13.2. The molecule has 0 aliphatic heterocycles. The molecule has 1 aromatic rings. The highest BCUT2D eigenvalue weighted by Crippen LogP contribution is 2.06. The molecule has 0 radical (unpaired) electrons. The Morgan fingerprint density at radius 1 is 1.44 bits per heavy atom. The molecule has 0 aliphatic carbocycles. The molecular formula is C12H17FN2O. The van der Waals surface area contributed by atoms with Crippen molar-refractivity contribution in [1.29, 1.82) is 0 Å². The van der Waals surface area contributed by atoms with Crippen molar-refractivity contribution in [3.05, 3.63) is 35.6 Å². The maximum Gasteiger partial charge on any atom is 0.317 e. The number of nitrogens with one attached hydrogen (secondary N) is 1. The lowest BCUT2D eigenvalue weighted by molar-refractivity contribution is 0.211. The van der Waals surface area contributed by atoms with Crippen LogP contribution in [-0.2, 0) is 6.42 Å². The summed E-state index contributed by atoms with van der Waals surface area (Å²) in [5.41, 5.74) is 0.627. The van der Waals surface area contributed by atoms with Gasteiger partial charge >= 0.3 is 6.03 Å². The fraction of sp³-hybridized carbons (Fsp3) is 0.417. The number of amides is 2. The second-order valence-electron chi connectivity index (χ2n) is 3.59. The van der Waals surface area contributed by atoms with Gasteiger partial charge in [-0.15, -0.1) is 0 Å². The molecule has 0 saturated heterocycles. The number of urea groups is 1. The zero-order valence-corrected chi connectivity index (χ0v) is 9.66. The Kier molecular flexibility index (Phi) is 4.76. The van der Waals surface area contributed by atoms with E-state index in [1.165, 1.54) is 6.07 Å². The zero-order chi connectivity index (χ0) is 12.0. The summed E-state index contributed by atoms with van der Waals surface area (Å²) in [4.78, 5) is 12.9. The quantitative estimate of drug-likeness (QED) is 0.833. The molecule has 2 amide bonds. The van der Waals surface area contributed by atoms with Crippen molar-refractivity contribution in [3.63, 3.8) is 0 Å². The van der Waals surface area contributed by atoms with E-state index in [2.05, 4.69) is 5.32 Å². The van der Waals surface area contributed by atoms with Crippen LogP contribution in [0, 0.1) is 5.82 Å². The molecule has 1 N–H and O–H groups in total. The van der Waals surface area contributed by atoms with Gasteiger partial charge in [0, 0.05) is 20.1 Å². The minimum Gasteiger partial charge on any atom is -0.338 e. The molecule has 0 heterocycles. The molecule has 4 heteroatoms. The van der Waals surface area contributed by atoms with Crippen LogP contribution < -0.4 is 5.32 Å². The van der Waals surface area contributed by atoms with Crippen LogP contribution in [-0.4, -0.2) is 31.1 Å². The van der Waals surface area contributed by atoms with Crippen LogP contribution >= 0.6 is 0 Å². The van der Waals surface area contributed by atoms with Gasteiger partial charge in [0.25, 0.3) is 0 Å². The molecule has 16 heavy (non-hydrogen) atoms. The third-order valence-corrected chi connectivity index (χ3v) is 2.45. The average molecular weight is 224 g/mol. The van der Waals surface area contributed by atoms with Crippen LogP contribution in [0.15, 0.2) is 24.3 Å². The van der Waals surface area contributed by atoms with Gasteiger partial charge in [0.2, 0.25) is 0 Å². The van der Waals surface area contributed by atoms with Crippen molar-refractivity contribution >= 4 is 6.03 Å². The van der Waals surface area contributed by atoms with Crippen molar-refractivity contribution in [2.45, 2.75) is 13.3 Å². The van der Waals surface area contributed by atoms with Gasteiger partial charge < -0.3 is 10.2 Å². The predicted molar refractivity (Wildman–Crippen MR) is 61.8 cm³/mol. The second kappa shape index (κ2) is 6.10. The van der Waals surface area contributed by atoms with Gasteiger partial charge in [-0.05, 0) is 25.0 Å². The Morgan fingerprint density at radius 2 is 2.12 bits per heavy atom. The number of carbonyl (C=O) groups excluding carboxylic acids is 1. The Bertz CT molecular complexity index is 355. The first-order valence-electron chi connectivity index (χ1n) is 5.37. The van der Waals surface area contributed by atoms with Gasteiger partial charge in [0.05, 0.1) is 0 Å². The highest BCUT2D eigenvalue weighted by molar-refractivity contribution is 5.73. The smallest absolute Gasteiger partial charge is 0.317 e. The van der Waals surface area contributed by atoms with Crippen LogP contribution in [0.1, 0.15) is 12.5 Å². The van der Waals surface area contributed by atoms with Crippen LogP contribution in [0.25, 0.3) is 0 Å². The molecule has 0 bridgehead atoms. The van der Waals surface area contributed by atoms with E-state index in [9.17, 15) is 9.18 Å². The highest BCUT2D eigenvalue weighted by Gasteiger charge is 2.05. The topological polar surface area (TPSA) is 32.3 Å². The van der Waals surface area contributed by atoms with Gasteiger partial charge in [-0.3, -0.25) is 0 Å². The van der Waals surface area contributed by atoms with Crippen LogP contribution in [0.2, 0.25) is 0 Å².